The van der Waals surface area contributed by atoms with Gasteiger partial charge in [0.1, 0.15) is 0 Å². The molecule has 0 atom stereocenters. The lowest BCUT2D eigenvalue weighted by Gasteiger charge is -2.09. The van der Waals surface area contributed by atoms with Gasteiger partial charge in [-0.15, -0.1) is 0 Å². The maximum atomic E-state index is 11.9. The summed E-state index contributed by atoms with van der Waals surface area (Å²) in [5.41, 5.74) is 1.76. The topological polar surface area (TPSA) is 35.5 Å². The fourth-order valence-corrected chi connectivity index (χ4v) is 1.67. The summed E-state index contributed by atoms with van der Waals surface area (Å²) in [5.74, 6) is 0.0833. The normalized spacial score (nSPS) is 16.9. The fraction of sp³-hybridized carbons (Fsp3) is 0.417. The minimum atomic E-state index is -0.350. The highest BCUT2D eigenvalue weighted by Gasteiger charge is 2.21. The van der Waals surface area contributed by atoms with E-state index in [-0.39, 0.29) is 12.1 Å². The Bertz CT molecular complexity index is 354. The molecule has 3 nitrogen and oxygen atoms in total. The second kappa shape index (κ2) is 4.55. The van der Waals surface area contributed by atoms with Crippen LogP contribution in [0.15, 0.2) is 24.3 Å². The molecule has 1 heterocycles. The van der Waals surface area contributed by atoms with Crippen LogP contribution in [0.1, 0.15) is 22.3 Å². The Kier molecular flexibility index (Phi) is 3.14. The molecule has 1 aromatic rings. The molecular weight excluding hydrogens is 192 g/mol. The summed E-state index contributed by atoms with van der Waals surface area (Å²) in [6.07, 6.45) is -0.0395. The molecule has 1 saturated heterocycles. The van der Waals surface area contributed by atoms with Gasteiger partial charge in [0.05, 0.1) is 19.6 Å². The van der Waals surface area contributed by atoms with Crippen molar-refractivity contribution in [3.05, 3.63) is 35.4 Å². The first kappa shape index (κ1) is 10.3. The van der Waals surface area contributed by atoms with Crippen molar-refractivity contribution >= 4 is 5.78 Å². The Balaban J connectivity index is 2.04. The molecule has 0 unspecified atom stereocenters. The summed E-state index contributed by atoms with van der Waals surface area (Å²) in [5, 5.41) is 0. The molecule has 0 saturated carbocycles. The summed E-state index contributed by atoms with van der Waals surface area (Å²) < 4.78 is 10.5. The Hall–Kier alpha value is -1.19. The van der Waals surface area contributed by atoms with Gasteiger partial charge in [0.25, 0.3) is 0 Å². The predicted molar refractivity (Wildman–Crippen MR) is 55.8 cm³/mol. The summed E-state index contributed by atoms with van der Waals surface area (Å²) in [4.78, 5) is 11.9. The molecule has 0 aliphatic carbocycles. The number of aryl methyl sites for hydroxylation is 1. The van der Waals surface area contributed by atoms with Crippen molar-refractivity contribution in [2.24, 2.45) is 0 Å². The quantitative estimate of drug-likeness (QED) is 0.709. The third kappa shape index (κ3) is 2.43. The van der Waals surface area contributed by atoms with Gasteiger partial charge in [-0.25, -0.2) is 0 Å². The highest BCUT2D eigenvalue weighted by atomic mass is 16.7. The largest absolute Gasteiger partial charge is 0.350 e. The van der Waals surface area contributed by atoms with E-state index in [0.717, 1.165) is 11.1 Å². The van der Waals surface area contributed by atoms with Crippen LogP contribution in [0.4, 0.5) is 0 Å². The molecular formula is C12H14O3. The van der Waals surface area contributed by atoms with E-state index in [1.54, 1.807) is 0 Å². The minimum Gasteiger partial charge on any atom is -0.350 e. The molecule has 3 heteroatoms. The van der Waals surface area contributed by atoms with Gasteiger partial charge in [0.2, 0.25) is 0 Å². The minimum absolute atomic E-state index is 0.0833. The first-order chi connectivity index (χ1) is 7.27. The smallest absolute Gasteiger partial charge is 0.168 e. The van der Waals surface area contributed by atoms with Crippen molar-refractivity contribution in [3.8, 4) is 0 Å². The maximum absolute atomic E-state index is 11.9. The molecule has 1 aliphatic rings. The average Bonchev–Trinajstić information content (AvgIpc) is 2.71. The van der Waals surface area contributed by atoms with E-state index in [9.17, 15) is 4.79 Å². The number of hydrogen-bond donors (Lipinski definition) is 0. The molecule has 0 amide bonds. The van der Waals surface area contributed by atoms with Gasteiger partial charge in [-0.2, -0.15) is 0 Å². The standard InChI is InChI=1S/C12H14O3/c1-9-4-2-3-5-10(9)11(13)8-12-14-6-7-15-12/h2-5,12H,6-8H2,1H3. The van der Waals surface area contributed by atoms with Crippen LogP contribution in [0.5, 0.6) is 0 Å². The molecule has 0 spiro atoms. The number of Topliss-reactive ketones (excluding diaryl/α,β-unsaturated/α-hetero) is 1. The van der Waals surface area contributed by atoms with Crippen molar-refractivity contribution in [3.63, 3.8) is 0 Å². The summed E-state index contributed by atoms with van der Waals surface area (Å²) in [7, 11) is 0. The molecule has 80 valence electrons. The van der Waals surface area contributed by atoms with Crippen molar-refractivity contribution in [1.29, 1.82) is 0 Å². The zero-order chi connectivity index (χ0) is 10.7. The van der Waals surface area contributed by atoms with E-state index in [1.807, 2.05) is 31.2 Å². The van der Waals surface area contributed by atoms with Crippen LogP contribution >= 0.6 is 0 Å². The lowest BCUT2D eigenvalue weighted by atomic mass is 10.0. The van der Waals surface area contributed by atoms with Crippen molar-refractivity contribution in [2.45, 2.75) is 19.6 Å². The molecule has 1 fully saturated rings. The molecule has 15 heavy (non-hydrogen) atoms. The monoisotopic (exact) mass is 206 g/mol. The Morgan fingerprint density at radius 3 is 2.67 bits per heavy atom. The maximum Gasteiger partial charge on any atom is 0.168 e. The van der Waals surface area contributed by atoms with Crippen LogP contribution in [0, 0.1) is 6.92 Å². The van der Waals surface area contributed by atoms with Crippen LogP contribution in [-0.4, -0.2) is 25.3 Å². The molecule has 0 N–H and O–H groups in total. The lowest BCUT2D eigenvalue weighted by Crippen LogP contribution is -2.15. The van der Waals surface area contributed by atoms with Gasteiger partial charge in [0, 0.05) is 5.56 Å². The predicted octanol–water partition coefficient (Wildman–Crippen LogP) is 1.94. The first-order valence-corrected chi connectivity index (χ1v) is 5.09. The molecule has 0 radical (unpaired) electrons. The van der Waals surface area contributed by atoms with Gasteiger partial charge in [0.15, 0.2) is 12.1 Å². The third-order valence-corrected chi connectivity index (χ3v) is 2.49. The number of carbonyl (C=O) groups excluding carboxylic acids is 1. The molecule has 0 bridgehead atoms. The number of benzene rings is 1. The van der Waals surface area contributed by atoms with E-state index < -0.39 is 0 Å². The zero-order valence-corrected chi connectivity index (χ0v) is 8.73. The Morgan fingerprint density at radius 2 is 2.00 bits per heavy atom. The van der Waals surface area contributed by atoms with E-state index in [1.165, 1.54) is 0 Å². The van der Waals surface area contributed by atoms with Gasteiger partial charge in [-0.05, 0) is 12.5 Å². The average molecular weight is 206 g/mol. The second-order valence-electron chi connectivity index (χ2n) is 3.61. The molecule has 1 aromatic carbocycles. The highest BCUT2D eigenvalue weighted by Crippen LogP contribution is 2.15. The molecule has 1 aliphatic heterocycles. The summed E-state index contributed by atoms with van der Waals surface area (Å²) in [6, 6.07) is 7.57. The van der Waals surface area contributed by atoms with Gasteiger partial charge >= 0.3 is 0 Å². The number of ketones is 1. The number of hydrogen-bond acceptors (Lipinski definition) is 3. The third-order valence-electron chi connectivity index (χ3n) is 2.49. The summed E-state index contributed by atoms with van der Waals surface area (Å²) >= 11 is 0. The van der Waals surface area contributed by atoms with E-state index in [4.69, 9.17) is 9.47 Å². The summed E-state index contributed by atoms with van der Waals surface area (Å²) in [6.45, 7) is 3.11. The van der Waals surface area contributed by atoms with E-state index >= 15 is 0 Å². The number of carbonyl (C=O) groups is 1. The van der Waals surface area contributed by atoms with Crippen LogP contribution in [-0.2, 0) is 9.47 Å². The second-order valence-corrected chi connectivity index (χ2v) is 3.61. The van der Waals surface area contributed by atoms with Crippen LogP contribution in [0.3, 0.4) is 0 Å². The Labute approximate surface area is 89.0 Å². The first-order valence-electron chi connectivity index (χ1n) is 5.09. The SMILES string of the molecule is Cc1ccccc1C(=O)CC1OCCO1. The molecule has 0 aromatic heterocycles. The highest BCUT2D eigenvalue weighted by molar-refractivity contribution is 5.97. The number of rotatable bonds is 3. The van der Waals surface area contributed by atoms with Crippen LogP contribution in [0.2, 0.25) is 0 Å². The van der Waals surface area contributed by atoms with E-state index in [0.29, 0.717) is 19.6 Å². The van der Waals surface area contributed by atoms with Gasteiger partial charge < -0.3 is 9.47 Å². The lowest BCUT2D eigenvalue weighted by molar-refractivity contribution is -0.0407. The van der Waals surface area contributed by atoms with E-state index in [2.05, 4.69) is 0 Å². The molecule has 2 rings (SSSR count). The van der Waals surface area contributed by atoms with Crippen molar-refractivity contribution in [1.82, 2.24) is 0 Å². The fourth-order valence-electron chi connectivity index (χ4n) is 1.67. The zero-order valence-electron chi connectivity index (χ0n) is 8.73. The van der Waals surface area contributed by atoms with Crippen LogP contribution < -0.4 is 0 Å². The Morgan fingerprint density at radius 1 is 1.33 bits per heavy atom. The van der Waals surface area contributed by atoms with Crippen molar-refractivity contribution in [2.75, 3.05) is 13.2 Å². The number of ether oxygens (including phenoxy) is 2. The van der Waals surface area contributed by atoms with Crippen LogP contribution in [0.25, 0.3) is 0 Å². The van der Waals surface area contributed by atoms with Gasteiger partial charge in [-0.3, -0.25) is 4.79 Å². The van der Waals surface area contributed by atoms with Crippen molar-refractivity contribution < 1.29 is 14.3 Å². The van der Waals surface area contributed by atoms with Gasteiger partial charge in [-0.1, -0.05) is 24.3 Å².